The van der Waals surface area contributed by atoms with Gasteiger partial charge in [0.15, 0.2) is 11.5 Å². The lowest BCUT2D eigenvalue weighted by Gasteiger charge is -2.16. The molecular formula is C15H14BrClO3S. The van der Waals surface area contributed by atoms with Gasteiger partial charge in [-0.15, -0.1) is 11.3 Å². The van der Waals surface area contributed by atoms with E-state index < -0.39 is 6.10 Å². The molecule has 0 saturated carbocycles. The fourth-order valence-corrected chi connectivity index (χ4v) is 4.02. The van der Waals surface area contributed by atoms with Crippen molar-refractivity contribution in [1.82, 2.24) is 0 Å². The van der Waals surface area contributed by atoms with Crippen molar-refractivity contribution in [1.29, 1.82) is 0 Å². The summed E-state index contributed by atoms with van der Waals surface area (Å²) in [5.41, 5.74) is 1.70. The Bertz CT molecular complexity index is 671. The van der Waals surface area contributed by atoms with E-state index >= 15 is 0 Å². The first-order valence-corrected chi connectivity index (χ1v) is 8.63. The van der Waals surface area contributed by atoms with Crippen LogP contribution in [-0.4, -0.2) is 18.3 Å². The smallest absolute Gasteiger partial charge is 0.162 e. The van der Waals surface area contributed by atoms with Gasteiger partial charge in [0.25, 0.3) is 0 Å². The number of aliphatic hydroxyl groups is 1. The van der Waals surface area contributed by atoms with E-state index in [1.807, 2.05) is 24.4 Å². The first-order chi connectivity index (χ1) is 10.1. The molecule has 0 fully saturated rings. The van der Waals surface area contributed by atoms with Gasteiger partial charge in [-0.25, -0.2) is 0 Å². The second-order valence-electron chi connectivity index (χ2n) is 4.87. The molecule has 2 aromatic rings. The summed E-state index contributed by atoms with van der Waals surface area (Å²) < 4.78 is 12.1. The number of aryl methyl sites for hydroxylation is 1. The molecule has 1 N–H and O–H groups in total. The van der Waals surface area contributed by atoms with Crippen LogP contribution in [0, 0.1) is 6.92 Å². The molecule has 1 aliphatic heterocycles. The topological polar surface area (TPSA) is 38.7 Å². The van der Waals surface area contributed by atoms with E-state index in [2.05, 4.69) is 15.9 Å². The standard InChI is InChI=1S/C15H14BrClO3S/c1-8-7-21-15(13(8)17)14(18)9-5-11-12(6-10(9)16)20-4-2-3-19-11/h5-7,14,18H,2-4H2,1H3. The van der Waals surface area contributed by atoms with Crippen molar-refractivity contribution in [3.8, 4) is 11.5 Å². The Kier molecular flexibility index (Phi) is 4.45. The minimum Gasteiger partial charge on any atom is -0.490 e. The molecule has 0 spiro atoms. The van der Waals surface area contributed by atoms with Crippen molar-refractivity contribution in [3.05, 3.63) is 43.0 Å². The molecule has 1 aromatic heterocycles. The van der Waals surface area contributed by atoms with Gasteiger partial charge in [-0.1, -0.05) is 27.5 Å². The van der Waals surface area contributed by atoms with Gasteiger partial charge >= 0.3 is 0 Å². The Balaban J connectivity index is 2.02. The molecule has 6 heteroatoms. The summed E-state index contributed by atoms with van der Waals surface area (Å²) in [6, 6.07) is 3.66. The molecule has 0 saturated heterocycles. The normalized spacial score (nSPS) is 15.6. The van der Waals surface area contributed by atoms with E-state index in [-0.39, 0.29) is 0 Å². The number of rotatable bonds is 2. The highest BCUT2D eigenvalue weighted by Crippen LogP contribution is 2.42. The molecule has 1 atom stereocenters. The van der Waals surface area contributed by atoms with Crippen LogP contribution in [0.1, 0.15) is 28.5 Å². The Morgan fingerprint density at radius 1 is 1.29 bits per heavy atom. The first-order valence-electron chi connectivity index (χ1n) is 6.58. The largest absolute Gasteiger partial charge is 0.490 e. The van der Waals surface area contributed by atoms with Crippen LogP contribution in [0.15, 0.2) is 22.0 Å². The number of ether oxygens (including phenoxy) is 2. The van der Waals surface area contributed by atoms with Crippen LogP contribution in [0.4, 0.5) is 0 Å². The summed E-state index contributed by atoms with van der Waals surface area (Å²) >= 11 is 11.2. The molecule has 1 aliphatic rings. The van der Waals surface area contributed by atoms with Gasteiger partial charge < -0.3 is 14.6 Å². The zero-order chi connectivity index (χ0) is 15.0. The molecule has 3 rings (SSSR count). The molecule has 3 nitrogen and oxygen atoms in total. The Morgan fingerprint density at radius 3 is 2.57 bits per heavy atom. The van der Waals surface area contributed by atoms with Gasteiger partial charge in [0.1, 0.15) is 6.10 Å². The maximum atomic E-state index is 10.6. The average molecular weight is 390 g/mol. The molecule has 0 radical (unpaired) electrons. The second kappa shape index (κ2) is 6.16. The van der Waals surface area contributed by atoms with Gasteiger partial charge in [0.2, 0.25) is 0 Å². The highest BCUT2D eigenvalue weighted by Gasteiger charge is 2.23. The number of aliphatic hydroxyl groups excluding tert-OH is 1. The summed E-state index contributed by atoms with van der Waals surface area (Å²) in [7, 11) is 0. The lowest BCUT2D eigenvalue weighted by molar-refractivity contribution is 0.222. The summed E-state index contributed by atoms with van der Waals surface area (Å²) in [4.78, 5) is 0.740. The molecule has 0 bridgehead atoms. The summed E-state index contributed by atoms with van der Waals surface area (Å²) in [6.45, 7) is 3.18. The quantitative estimate of drug-likeness (QED) is 0.808. The van der Waals surface area contributed by atoms with E-state index in [0.717, 1.165) is 26.9 Å². The third-order valence-corrected chi connectivity index (χ3v) is 5.79. The van der Waals surface area contributed by atoms with Crippen molar-refractivity contribution >= 4 is 38.9 Å². The minimum atomic E-state index is -0.789. The van der Waals surface area contributed by atoms with E-state index in [4.69, 9.17) is 21.1 Å². The minimum absolute atomic E-state index is 0.614. The van der Waals surface area contributed by atoms with Crippen LogP contribution >= 0.6 is 38.9 Å². The van der Waals surface area contributed by atoms with Crippen LogP contribution in [-0.2, 0) is 0 Å². The van der Waals surface area contributed by atoms with Crippen LogP contribution in [0.3, 0.4) is 0 Å². The van der Waals surface area contributed by atoms with Crippen molar-refractivity contribution < 1.29 is 14.6 Å². The van der Waals surface area contributed by atoms with Gasteiger partial charge in [0.05, 0.1) is 23.1 Å². The Labute approximate surface area is 140 Å². The number of benzene rings is 1. The molecule has 1 aromatic carbocycles. The van der Waals surface area contributed by atoms with Crippen molar-refractivity contribution in [2.45, 2.75) is 19.4 Å². The number of halogens is 2. The van der Waals surface area contributed by atoms with E-state index in [1.54, 1.807) is 0 Å². The predicted molar refractivity (Wildman–Crippen MR) is 87.9 cm³/mol. The monoisotopic (exact) mass is 388 g/mol. The predicted octanol–water partition coefficient (Wildman–Crippen LogP) is 4.72. The van der Waals surface area contributed by atoms with Crippen LogP contribution in [0.25, 0.3) is 0 Å². The van der Waals surface area contributed by atoms with Gasteiger partial charge in [-0.05, 0) is 30.0 Å². The third-order valence-electron chi connectivity index (χ3n) is 3.33. The summed E-state index contributed by atoms with van der Waals surface area (Å²) in [5.74, 6) is 1.36. The molecule has 0 amide bonds. The SMILES string of the molecule is Cc1csc(C(O)c2cc3c(cc2Br)OCCCO3)c1Cl. The lowest BCUT2D eigenvalue weighted by Crippen LogP contribution is -2.01. The lowest BCUT2D eigenvalue weighted by atomic mass is 10.1. The average Bonchev–Trinajstić information content (AvgIpc) is 2.67. The van der Waals surface area contributed by atoms with Crippen molar-refractivity contribution in [2.24, 2.45) is 0 Å². The van der Waals surface area contributed by atoms with Gasteiger partial charge in [0, 0.05) is 16.5 Å². The number of hydrogen-bond donors (Lipinski definition) is 1. The van der Waals surface area contributed by atoms with Crippen molar-refractivity contribution in [2.75, 3.05) is 13.2 Å². The fraction of sp³-hybridized carbons (Fsp3) is 0.333. The van der Waals surface area contributed by atoms with E-state index in [9.17, 15) is 5.11 Å². The highest BCUT2D eigenvalue weighted by atomic mass is 79.9. The van der Waals surface area contributed by atoms with Crippen LogP contribution < -0.4 is 9.47 Å². The Morgan fingerprint density at radius 2 is 1.95 bits per heavy atom. The number of fused-ring (bicyclic) bond motifs is 1. The van der Waals surface area contributed by atoms with Crippen molar-refractivity contribution in [3.63, 3.8) is 0 Å². The van der Waals surface area contributed by atoms with Crippen LogP contribution in [0.2, 0.25) is 5.02 Å². The molecule has 0 aliphatic carbocycles. The van der Waals surface area contributed by atoms with E-state index in [1.165, 1.54) is 11.3 Å². The molecule has 21 heavy (non-hydrogen) atoms. The third kappa shape index (κ3) is 2.93. The summed E-state index contributed by atoms with van der Waals surface area (Å²) in [5, 5.41) is 13.2. The van der Waals surface area contributed by atoms with E-state index in [0.29, 0.717) is 29.7 Å². The number of thiophene rings is 1. The molecule has 112 valence electrons. The van der Waals surface area contributed by atoms with Gasteiger partial charge in [-0.3, -0.25) is 0 Å². The van der Waals surface area contributed by atoms with Gasteiger partial charge in [-0.2, -0.15) is 0 Å². The summed E-state index contributed by atoms with van der Waals surface area (Å²) in [6.07, 6.45) is 0.0582. The fourth-order valence-electron chi connectivity index (χ4n) is 2.18. The molecular weight excluding hydrogens is 376 g/mol. The van der Waals surface area contributed by atoms with Crippen LogP contribution in [0.5, 0.6) is 11.5 Å². The highest BCUT2D eigenvalue weighted by molar-refractivity contribution is 9.10. The zero-order valence-electron chi connectivity index (χ0n) is 11.4. The number of hydrogen-bond acceptors (Lipinski definition) is 4. The first kappa shape index (κ1) is 15.2. The second-order valence-corrected chi connectivity index (χ2v) is 7.01. The maximum Gasteiger partial charge on any atom is 0.162 e. The molecule has 1 unspecified atom stereocenters. The Hall–Kier alpha value is -0.750. The maximum absolute atomic E-state index is 10.6. The zero-order valence-corrected chi connectivity index (χ0v) is 14.5. The molecule has 2 heterocycles.